The van der Waals surface area contributed by atoms with Crippen LogP contribution in [0.15, 0.2) is 12.1 Å². The molecule has 0 atom stereocenters. The van der Waals surface area contributed by atoms with E-state index in [2.05, 4.69) is 5.32 Å². The smallest absolute Gasteiger partial charge is 0.146 e. The van der Waals surface area contributed by atoms with E-state index in [9.17, 15) is 4.39 Å². The molecule has 2 nitrogen and oxygen atoms in total. The van der Waals surface area contributed by atoms with E-state index in [0.29, 0.717) is 17.7 Å². The highest BCUT2D eigenvalue weighted by molar-refractivity contribution is 6.30. The number of nitriles is 1. The molecule has 0 radical (unpaired) electrons. The van der Waals surface area contributed by atoms with Gasteiger partial charge in [0.25, 0.3) is 0 Å². The van der Waals surface area contributed by atoms with Crippen LogP contribution in [0.4, 0.5) is 4.39 Å². The minimum Gasteiger partial charge on any atom is -0.316 e. The average molecular weight is 199 g/mol. The molecule has 1 rings (SSSR count). The molecular weight excluding hydrogens is 191 g/mol. The molecule has 68 valence electrons. The van der Waals surface area contributed by atoms with Gasteiger partial charge in [-0.2, -0.15) is 5.26 Å². The van der Waals surface area contributed by atoms with Gasteiger partial charge < -0.3 is 5.32 Å². The lowest BCUT2D eigenvalue weighted by atomic mass is 10.1. The minimum absolute atomic E-state index is 0.00991. The maximum atomic E-state index is 13.2. The Bertz CT molecular complexity index is 357. The molecule has 1 N–H and O–H groups in total. The number of hydrogen-bond acceptors (Lipinski definition) is 2. The van der Waals surface area contributed by atoms with E-state index in [4.69, 9.17) is 16.9 Å². The molecule has 0 aliphatic carbocycles. The standard InChI is InChI=1S/C9H8ClFN2/c1-13-5-7-2-6(4-12)3-8(10)9(7)11/h2-3,13H,5H2,1H3. The summed E-state index contributed by atoms with van der Waals surface area (Å²) in [4.78, 5) is 0. The molecular formula is C9H8ClFN2. The van der Waals surface area contributed by atoms with Crippen LogP contribution in [0.2, 0.25) is 5.02 Å². The Morgan fingerprint density at radius 1 is 1.62 bits per heavy atom. The van der Waals surface area contributed by atoms with Crippen LogP contribution in [0.1, 0.15) is 11.1 Å². The highest BCUT2D eigenvalue weighted by Crippen LogP contribution is 2.20. The van der Waals surface area contributed by atoms with E-state index < -0.39 is 5.82 Å². The molecule has 0 aliphatic heterocycles. The molecule has 0 fully saturated rings. The van der Waals surface area contributed by atoms with Crippen LogP contribution >= 0.6 is 11.6 Å². The van der Waals surface area contributed by atoms with Gasteiger partial charge in [-0.25, -0.2) is 4.39 Å². The van der Waals surface area contributed by atoms with Gasteiger partial charge in [0.2, 0.25) is 0 Å². The van der Waals surface area contributed by atoms with Crippen molar-refractivity contribution in [1.82, 2.24) is 5.32 Å². The largest absolute Gasteiger partial charge is 0.316 e. The zero-order valence-corrected chi connectivity index (χ0v) is 7.82. The van der Waals surface area contributed by atoms with E-state index in [-0.39, 0.29) is 5.02 Å². The Morgan fingerprint density at radius 2 is 2.31 bits per heavy atom. The number of hydrogen-bond donors (Lipinski definition) is 1. The lowest BCUT2D eigenvalue weighted by molar-refractivity contribution is 0.601. The molecule has 0 heterocycles. The first kappa shape index (κ1) is 9.97. The monoisotopic (exact) mass is 198 g/mol. The summed E-state index contributed by atoms with van der Waals surface area (Å²) in [6, 6.07) is 4.71. The first-order valence-corrected chi connectivity index (χ1v) is 4.09. The first-order valence-electron chi connectivity index (χ1n) is 3.71. The summed E-state index contributed by atoms with van der Waals surface area (Å²) in [7, 11) is 1.70. The predicted octanol–water partition coefficient (Wildman–Crippen LogP) is 2.07. The van der Waals surface area contributed by atoms with E-state index in [1.807, 2.05) is 6.07 Å². The summed E-state index contributed by atoms with van der Waals surface area (Å²) in [6.07, 6.45) is 0. The van der Waals surface area contributed by atoms with E-state index >= 15 is 0 Å². The Balaban J connectivity index is 3.18. The van der Waals surface area contributed by atoms with Crippen molar-refractivity contribution in [2.45, 2.75) is 6.54 Å². The van der Waals surface area contributed by atoms with Crippen LogP contribution < -0.4 is 5.32 Å². The summed E-state index contributed by atoms with van der Waals surface area (Å²) in [6.45, 7) is 0.362. The van der Waals surface area contributed by atoms with Crippen molar-refractivity contribution in [3.63, 3.8) is 0 Å². The molecule has 1 aromatic rings. The van der Waals surface area contributed by atoms with E-state index in [1.165, 1.54) is 12.1 Å². The molecule has 0 unspecified atom stereocenters. The Morgan fingerprint density at radius 3 is 2.85 bits per heavy atom. The average Bonchev–Trinajstić information content (AvgIpc) is 2.13. The van der Waals surface area contributed by atoms with E-state index in [1.54, 1.807) is 7.05 Å². The molecule has 0 spiro atoms. The van der Waals surface area contributed by atoms with Crippen molar-refractivity contribution in [3.8, 4) is 6.07 Å². The van der Waals surface area contributed by atoms with Crippen LogP contribution in [0.25, 0.3) is 0 Å². The molecule has 0 bridgehead atoms. The first-order chi connectivity index (χ1) is 6.19. The van der Waals surface area contributed by atoms with Gasteiger partial charge in [0.1, 0.15) is 5.82 Å². The molecule has 0 aromatic heterocycles. The van der Waals surface area contributed by atoms with Crippen LogP contribution in [0.5, 0.6) is 0 Å². The van der Waals surface area contributed by atoms with Gasteiger partial charge in [-0.05, 0) is 19.2 Å². The zero-order chi connectivity index (χ0) is 9.84. The van der Waals surface area contributed by atoms with E-state index in [0.717, 1.165) is 0 Å². The van der Waals surface area contributed by atoms with Crippen molar-refractivity contribution in [2.75, 3.05) is 7.05 Å². The van der Waals surface area contributed by atoms with Crippen molar-refractivity contribution in [2.24, 2.45) is 0 Å². The van der Waals surface area contributed by atoms with Crippen molar-refractivity contribution in [3.05, 3.63) is 34.1 Å². The molecule has 13 heavy (non-hydrogen) atoms. The van der Waals surface area contributed by atoms with Crippen LogP contribution in [-0.2, 0) is 6.54 Å². The number of halogens is 2. The number of rotatable bonds is 2. The summed E-state index contributed by atoms with van der Waals surface area (Å²) in [5.41, 5.74) is 0.781. The Kier molecular flexibility index (Phi) is 3.24. The van der Waals surface area contributed by atoms with Crippen LogP contribution in [0, 0.1) is 17.1 Å². The van der Waals surface area contributed by atoms with Crippen molar-refractivity contribution >= 4 is 11.6 Å². The fourth-order valence-corrected chi connectivity index (χ4v) is 1.27. The fourth-order valence-electron chi connectivity index (χ4n) is 1.03. The van der Waals surface area contributed by atoms with Gasteiger partial charge in [-0.15, -0.1) is 0 Å². The van der Waals surface area contributed by atoms with Crippen molar-refractivity contribution < 1.29 is 4.39 Å². The third-order valence-corrected chi connectivity index (χ3v) is 1.87. The van der Waals surface area contributed by atoms with Gasteiger partial charge in [0.05, 0.1) is 16.7 Å². The number of nitrogens with one attached hydrogen (secondary N) is 1. The summed E-state index contributed by atoms with van der Waals surface area (Å²) in [5, 5.41) is 11.4. The second-order valence-corrected chi connectivity index (χ2v) is 2.98. The SMILES string of the molecule is CNCc1cc(C#N)cc(Cl)c1F. The lowest BCUT2D eigenvalue weighted by Crippen LogP contribution is -2.07. The molecule has 1 aromatic carbocycles. The normalized spacial score (nSPS) is 9.69. The van der Waals surface area contributed by atoms with Gasteiger partial charge >= 0.3 is 0 Å². The molecule has 0 aliphatic rings. The minimum atomic E-state index is -0.463. The van der Waals surface area contributed by atoms with Crippen LogP contribution in [0.3, 0.4) is 0 Å². The number of benzene rings is 1. The van der Waals surface area contributed by atoms with Crippen molar-refractivity contribution in [1.29, 1.82) is 5.26 Å². The maximum absolute atomic E-state index is 13.2. The van der Waals surface area contributed by atoms with Gasteiger partial charge in [-0.3, -0.25) is 0 Å². The number of nitrogens with zero attached hydrogens (tertiary/aromatic N) is 1. The Labute approximate surface area is 80.9 Å². The summed E-state index contributed by atoms with van der Waals surface area (Å²) < 4.78 is 13.2. The van der Waals surface area contributed by atoms with Gasteiger partial charge in [-0.1, -0.05) is 11.6 Å². The van der Waals surface area contributed by atoms with Gasteiger partial charge in [0, 0.05) is 12.1 Å². The molecule has 0 amide bonds. The molecule has 4 heteroatoms. The Hall–Kier alpha value is -1.11. The highest BCUT2D eigenvalue weighted by atomic mass is 35.5. The fraction of sp³-hybridized carbons (Fsp3) is 0.222. The third-order valence-electron chi connectivity index (χ3n) is 1.60. The predicted molar refractivity (Wildman–Crippen MR) is 48.9 cm³/mol. The molecule has 0 saturated heterocycles. The quantitative estimate of drug-likeness (QED) is 0.790. The zero-order valence-electron chi connectivity index (χ0n) is 7.06. The topological polar surface area (TPSA) is 35.8 Å². The summed E-state index contributed by atoms with van der Waals surface area (Å²) in [5.74, 6) is -0.463. The second-order valence-electron chi connectivity index (χ2n) is 2.57. The highest BCUT2D eigenvalue weighted by Gasteiger charge is 2.07. The van der Waals surface area contributed by atoms with Gasteiger partial charge in [0.15, 0.2) is 0 Å². The lowest BCUT2D eigenvalue weighted by Gasteiger charge is -2.04. The molecule has 0 saturated carbocycles. The van der Waals surface area contributed by atoms with Crippen LogP contribution in [-0.4, -0.2) is 7.05 Å². The summed E-state index contributed by atoms with van der Waals surface area (Å²) >= 11 is 5.58. The third kappa shape index (κ3) is 2.18. The second kappa shape index (κ2) is 4.22. The maximum Gasteiger partial charge on any atom is 0.146 e.